The molecule has 2 saturated carbocycles. The lowest BCUT2D eigenvalue weighted by Crippen LogP contribution is -2.56. The normalized spacial score (nSPS) is 17.8. The first-order valence-electron chi connectivity index (χ1n) is 16.5. The number of imidazole rings is 1. The number of nitrogens with one attached hydrogen (secondary N) is 1. The van der Waals surface area contributed by atoms with Gasteiger partial charge in [-0.2, -0.15) is 0 Å². The van der Waals surface area contributed by atoms with Crippen molar-refractivity contribution >= 4 is 51.1 Å². The number of anilines is 2. The van der Waals surface area contributed by atoms with E-state index in [4.69, 9.17) is 47.4 Å². The minimum atomic E-state index is -0.926. The van der Waals surface area contributed by atoms with Gasteiger partial charge in [0.1, 0.15) is 29.1 Å². The van der Waals surface area contributed by atoms with Crippen LogP contribution in [-0.4, -0.2) is 83.1 Å². The van der Waals surface area contributed by atoms with E-state index in [1.807, 2.05) is 35.0 Å². The highest BCUT2D eigenvalue weighted by molar-refractivity contribution is 6.41. The number of piperazine rings is 1. The fourth-order valence-electron chi connectivity index (χ4n) is 7.42. The third-order valence-electron chi connectivity index (χ3n) is 10.2. The Bertz CT molecular complexity index is 2080. The van der Waals surface area contributed by atoms with Crippen LogP contribution in [0.3, 0.4) is 0 Å². The third kappa shape index (κ3) is 5.42. The Morgan fingerprint density at radius 3 is 2.35 bits per heavy atom. The van der Waals surface area contributed by atoms with Gasteiger partial charge in [-0.25, -0.2) is 4.98 Å². The standard InChI is InChI=1S/C37H38Cl2N6O4/c1-5-32(46)42-26-15-23(29(47-2)17-28(26)43-12-13-45(22-6-7-22)37(20-43)8-9-37)25-16-27-21(19-41-25)14-24(36-40-10-11-44(27)36)33-34(38)30(48-3)18-31(49-4)35(33)39/h5,10-11,14-19,22,32,42,46H,1,6-9,12-13,20H2,2-4H3. The summed E-state index contributed by atoms with van der Waals surface area (Å²) in [6.45, 7) is 6.68. The quantitative estimate of drug-likeness (QED) is 0.115. The van der Waals surface area contributed by atoms with Gasteiger partial charge < -0.3 is 29.5 Å². The van der Waals surface area contributed by atoms with Crippen molar-refractivity contribution in [1.29, 1.82) is 0 Å². The molecule has 3 aromatic heterocycles. The van der Waals surface area contributed by atoms with Crippen molar-refractivity contribution in [2.75, 3.05) is 51.2 Å². The second kappa shape index (κ2) is 12.3. The van der Waals surface area contributed by atoms with Crippen molar-refractivity contribution in [1.82, 2.24) is 19.3 Å². The molecule has 0 radical (unpaired) electrons. The summed E-state index contributed by atoms with van der Waals surface area (Å²) in [7, 11) is 4.78. The van der Waals surface area contributed by atoms with Gasteiger partial charge in [-0.15, -0.1) is 0 Å². The minimum Gasteiger partial charge on any atom is -0.496 e. The van der Waals surface area contributed by atoms with Crippen molar-refractivity contribution in [3.63, 3.8) is 0 Å². The molecule has 2 aliphatic carbocycles. The molecule has 3 fully saturated rings. The summed E-state index contributed by atoms with van der Waals surface area (Å²) in [5.41, 5.74) is 6.32. The van der Waals surface area contributed by atoms with Gasteiger partial charge in [-0.3, -0.25) is 14.3 Å². The van der Waals surface area contributed by atoms with Gasteiger partial charge in [0, 0.05) is 84.0 Å². The lowest BCUT2D eigenvalue weighted by Gasteiger charge is -2.44. The van der Waals surface area contributed by atoms with Crippen LogP contribution in [0.4, 0.5) is 11.4 Å². The number of aliphatic hydroxyl groups is 1. The molecule has 49 heavy (non-hydrogen) atoms. The maximum absolute atomic E-state index is 10.7. The monoisotopic (exact) mass is 700 g/mol. The van der Waals surface area contributed by atoms with E-state index in [0.717, 1.165) is 53.5 Å². The zero-order valence-corrected chi connectivity index (χ0v) is 29.2. The van der Waals surface area contributed by atoms with Crippen LogP contribution in [0.2, 0.25) is 10.0 Å². The molecule has 1 saturated heterocycles. The molecule has 0 bridgehead atoms. The SMILES string of the molecule is C=CC(O)Nc1cc(-c2cc3c(cn2)cc(-c2c(Cl)c(OC)cc(OC)c2Cl)c2nccn23)c(OC)cc1N1CCN(C2CC2)C2(CC2)C1. The number of halogens is 2. The van der Waals surface area contributed by atoms with Crippen molar-refractivity contribution in [3.05, 3.63) is 71.6 Å². The van der Waals surface area contributed by atoms with E-state index in [2.05, 4.69) is 27.8 Å². The summed E-state index contributed by atoms with van der Waals surface area (Å²) in [5.74, 6) is 1.57. The van der Waals surface area contributed by atoms with Crippen molar-refractivity contribution < 1.29 is 19.3 Å². The molecule has 4 heterocycles. The summed E-state index contributed by atoms with van der Waals surface area (Å²) in [6.07, 6.45) is 11.1. The van der Waals surface area contributed by atoms with Crippen molar-refractivity contribution in [2.45, 2.75) is 43.5 Å². The molecule has 8 rings (SSSR count). The van der Waals surface area contributed by atoms with Crippen molar-refractivity contribution in [2.24, 2.45) is 0 Å². The van der Waals surface area contributed by atoms with E-state index in [9.17, 15) is 5.11 Å². The van der Waals surface area contributed by atoms with Crippen LogP contribution in [0.25, 0.3) is 38.9 Å². The second-order valence-electron chi connectivity index (χ2n) is 13.1. The number of aliphatic hydroxyl groups excluding tert-OH is 1. The van der Waals surface area contributed by atoms with Gasteiger partial charge in [0.2, 0.25) is 0 Å². The average molecular weight is 702 g/mol. The fourth-order valence-corrected chi connectivity index (χ4v) is 8.13. The highest BCUT2D eigenvalue weighted by atomic mass is 35.5. The molecule has 2 N–H and O–H groups in total. The Hall–Kier alpha value is -4.22. The number of hydrogen-bond donors (Lipinski definition) is 2. The van der Waals surface area contributed by atoms with Crippen LogP contribution in [0.15, 0.2) is 61.6 Å². The fraction of sp³-hybridized carbons (Fsp3) is 0.351. The summed E-state index contributed by atoms with van der Waals surface area (Å²) >= 11 is 13.7. The van der Waals surface area contributed by atoms with Crippen LogP contribution >= 0.6 is 23.2 Å². The first-order chi connectivity index (χ1) is 23.8. The second-order valence-corrected chi connectivity index (χ2v) is 13.8. The first-order valence-corrected chi connectivity index (χ1v) is 17.2. The molecule has 3 aliphatic rings. The summed E-state index contributed by atoms with van der Waals surface area (Å²) < 4.78 is 19.1. The summed E-state index contributed by atoms with van der Waals surface area (Å²) in [4.78, 5) is 14.8. The number of nitrogens with zero attached hydrogens (tertiary/aromatic N) is 5. The molecular weight excluding hydrogens is 663 g/mol. The maximum atomic E-state index is 10.7. The number of aromatic nitrogens is 3. The lowest BCUT2D eigenvalue weighted by molar-refractivity contribution is 0.148. The summed E-state index contributed by atoms with van der Waals surface area (Å²) in [5, 5.41) is 15.5. The van der Waals surface area contributed by atoms with E-state index < -0.39 is 6.23 Å². The first kappa shape index (κ1) is 32.0. The molecule has 12 heteroatoms. The number of rotatable bonds is 10. The van der Waals surface area contributed by atoms with Crippen LogP contribution in [0.5, 0.6) is 17.2 Å². The molecule has 1 unspecified atom stereocenters. The summed E-state index contributed by atoms with van der Waals surface area (Å²) in [6, 6.07) is 10.5. The van der Waals surface area contributed by atoms with Crippen LogP contribution in [-0.2, 0) is 0 Å². The Morgan fingerprint density at radius 2 is 1.69 bits per heavy atom. The number of ether oxygens (including phenoxy) is 3. The van der Waals surface area contributed by atoms with Crippen LogP contribution in [0.1, 0.15) is 25.7 Å². The van der Waals surface area contributed by atoms with Gasteiger partial charge >= 0.3 is 0 Å². The highest BCUT2D eigenvalue weighted by Crippen LogP contribution is 2.51. The Balaban J connectivity index is 1.24. The molecule has 1 spiro atoms. The molecule has 254 valence electrons. The smallest absolute Gasteiger partial charge is 0.145 e. The number of pyridine rings is 2. The number of hydrogen-bond acceptors (Lipinski definition) is 9. The number of fused-ring (bicyclic) bond motifs is 3. The van der Waals surface area contributed by atoms with Gasteiger partial charge in [0.05, 0.1) is 54.0 Å². The Kier molecular flexibility index (Phi) is 8.02. The number of methoxy groups -OCH3 is 3. The Labute approximate surface area is 294 Å². The zero-order valence-electron chi connectivity index (χ0n) is 27.7. The van der Waals surface area contributed by atoms with E-state index in [0.29, 0.717) is 49.8 Å². The largest absolute Gasteiger partial charge is 0.496 e. The molecule has 5 aromatic rings. The van der Waals surface area contributed by atoms with Crippen molar-refractivity contribution in [3.8, 4) is 39.6 Å². The van der Waals surface area contributed by atoms with Crippen LogP contribution < -0.4 is 24.4 Å². The number of benzene rings is 2. The maximum Gasteiger partial charge on any atom is 0.145 e. The molecule has 1 atom stereocenters. The zero-order chi connectivity index (χ0) is 34.0. The van der Waals surface area contributed by atoms with Gasteiger partial charge in [-0.05, 0) is 50.0 Å². The topological polar surface area (TPSA) is 96.6 Å². The van der Waals surface area contributed by atoms with Crippen LogP contribution in [0, 0.1) is 0 Å². The highest BCUT2D eigenvalue weighted by Gasteiger charge is 2.55. The Morgan fingerprint density at radius 1 is 0.959 bits per heavy atom. The third-order valence-corrected chi connectivity index (χ3v) is 10.9. The van der Waals surface area contributed by atoms with E-state index in [-0.39, 0.29) is 5.54 Å². The average Bonchev–Trinajstić information content (AvgIpc) is 4.05. The van der Waals surface area contributed by atoms with Gasteiger partial charge in [0.15, 0.2) is 0 Å². The van der Waals surface area contributed by atoms with Gasteiger partial charge in [-0.1, -0.05) is 29.8 Å². The molecule has 10 nitrogen and oxygen atoms in total. The van der Waals surface area contributed by atoms with E-state index in [1.54, 1.807) is 33.6 Å². The van der Waals surface area contributed by atoms with E-state index in [1.165, 1.54) is 31.8 Å². The predicted molar refractivity (Wildman–Crippen MR) is 195 cm³/mol. The predicted octanol–water partition coefficient (Wildman–Crippen LogP) is 7.28. The molecular formula is C37H38Cl2N6O4. The van der Waals surface area contributed by atoms with Gasteiger partial charge in [0.25, 0.3) is 0 Å². The lowest BCUT2D eigenvalue weighted by atomic mass is 10.0. The molecule has 0 amide bonds. The molecule has 2 aromatic carbocycles. The molecule has 1 aliphatic heterocycles. The minimum absolute atomic E-state index is 0.249. The van der Waals surface area contributed by atoms with E-state index >= 15 is 0 Å².